The SMILES string of the molecule is CC.O=C1CCCc2c1n(S(=O)(=O)c1ccccc1)c1ccccc21. The molecule has 3 aromatic rings. The van der Waals surface area contributed by atoms with E-state index in [1.807, 2.05) is 26.0 Å². The van der Waals surface area contributed by atoms with Crippen molar-refractivity contribution in [1.82, 2.24) is 3.97 Å². The molecule has 25 heavy (non-hydrogen) atoms. The van der Waals surface area contributed by atoms with Crippen LogP contribution in [0.25, 0.3) is 10.9 Å². The van der Waals surface area contributed by atoms with E-state index >= 15 is 0 Å². The Balaban J connectivity index is 0.000000880. The molecule has 2 aromatic carbocycles. The van der Waals surface area contributed by atoms with E-state index in [9.17, 15) is 13.2 Å². The summed E-state index contributed by atoms with van der Waals surface area (Å²) in [5, 5.41) is 0.857. The molecular formula is C20H21NO3S. The molecule has 1 aliphatic rings. The van der Waals surface area contributed by atoms with Gasteiger partial charge in [-0.2, -0.15) is 0 Å². The molecule has 0 N–H and O–H groups in total. The van der Waals surface area contributed by atoms with Crippen LogP contribution in [0.3, 0.4) is 0 Å². The van der Waals surface area contributed by atoms with Gasteiger partial charge in [0.05, 0.1) is 10.4 Å². The number of benzene rings is 2. The van der Waals surface area contributed by atoms with Crippen LogP contribution in [0.4, 0.5) is 0 Å². The molecule has 4 rings (SSSR count). The number of ketones is 1. The number of rotatable bonds is 2. The third-order valence-corrected chi connectivity index (χ3v) is 6.04. The molecule has 0 amide bonds. The highest BCUT2D eigenvalue weighted by atomic mass is 32.2. The number of para-hydroxylation sites is 1. The van der Waals surface area contributed by atoms with Gasteiger partial charge in [0.1, 0.15) is 5.69 Å². The summed E-state index contributed by atoms with van der Waals surface area (Å²) >= 11 is 0. The lowest BCUT2D eigenvalue weighted by Gasteiger charge is -2.15. The Bertz CT molecular complexity index is 1020. The van der Waals surface area contributed by atoms with Gasteiger partial charge >= 0.3 is 0 Å². The third kappa shape index (κ3) is 2.78. The zero-order chi connectivity index (χ0) is 18.0. The first kappa shape index (κ1) is 17.4. The zero-order valence-corrected chi connectivity index (χ0v) is 15.2. The Hall–Kier alpha value is -2.40. The molecule has 0 radical (unpaired) electrons. The minimum Gasteiger partial charge on any atom is -0.292 e. The normalized spacial score (nSPS) is 13.9. The first-order chi connectivity index (χ1) is 12.1. The van der Waals surface area contributed by atoms with Gasteiger partial charge in [0, 0.05) is 11.8 Å². The van der Waals surface area contributed by atoms with Crippen molar-refractivity contribution in [1.29, 1.82) is 0 Å². The first-order valence-electron chi connectivity index (χ1n) is 8.57. The maximum absolute atomic E-state index is 13.1. The van der Waals surface area contributed by atoms with Crippen molar-refractivity contribution in [2.24, 2.45) is 0 Å². The van der Waals surface area contributed by atoms with Crippen LogP contribution in [0.1, 0.15) is 42.7 Å². The van der Waals surface area contributed by atoms with Gasteiger partial charge in [-0.3, -0.25) is 4.79 Å². The van der Waals surface area contributed by atoms with Gasteiger partial charge in [-0.1, -0.05) is 50.2 Å². The van der Waals surface area contributed by atoms with Gasteiger partial charge < -0.3 is 0 Å². The summed E-state index contributed by atoms with van der Waals surface area (Å²) < 4.78 is 27.5. The summed E-state index contributed by atoms with van der Waals surface area (Å²) in [5.74, 6) is -0.0954. The Labute approximate surface area is 148 Å². The smallest absolute Gasteiger partial charge is 0.268 e. The van der Waals surface area contributed by atoms with Crippen LogP contribution in [0.2, 0.25) is 0 Å². The summed E-state index contributed by atoms with van der Waals surface area (Å²) in [6.45, 7) is 4.00. The molecule has 0 atom stereocenters. The molecule has 0 spiro atoms. The van der Waals surface area contributed by atoms with Crippen LogP contribution >= 0.6 is 0 Å². The number of hydrogen-bond donors (Lipinski definition) is 0. The van der Waals surface area contributed by atoms with Crippen LogP contribution in [-0.4, -0.2) is 18.2 Å². The number of aryl methyl sites for hydroxylation is 1. The number of carbonyl (C=O) groups excluding carboxylic acids is 1. The van der Waals surface area contributed by atoms with Crippen LogP contribution in [0.15, 0.2) is 59.5 Å². The molecule has 4 nitrogen and oxygen atoms in total. The molecule has 0 unspecified atom stereocenters. The topological polar surface area (TPSA) is 56.1 Å². The molecule has 0 saturated heterocycles. The molecule has 0 saturated carbocycles. The maximum atomic E-state index is 13.1. The van der Waals surface area contributed by atoms with Crippen LogP contribution < -0.4 is 0 Å². The lowest BCUT2D eigenvalue weighted by molar-refractivity contribution is 0.0967. The van der Waals surface area contributed by atoms with Crippen molar-refractivity contribution >= 4 is 26.7 Å². The molecule has 1 heterocycles. The van der Waals surface area contributed by atoms with Crippen molar-refractivity contribution < 1.29 is 13.2 Å². The monoisotopic (exact) mass is 355 g/mol. The lowest BCUT2D eigenvalue weighted by atomic mass is 9.95. The summed E-state index contributed by atoms with van der Waals surface area (Å²) in [7, 11) is -3.80. The fourth-order valence-corrected chi connectivity index (χ4v) is 4.89. The molecule has 5 heteroatoms. The van der Waals surface area contributed by atoms with Crippen LogP contribution in [0.5, 0.6) is 0 Å². The fourth-order valence-electron chi connectivity index (χ4n) is 3.30. The predicted octanol–water partition coefficient (Wildman–Crippen LogP) is 4.42. The maximum Gasteiger partial charge on any atom is 0.268 e. The van der Waals surface area contributed by atoms with E-state index in [1.54, 1.807) is 42.5 Å². The van der Waals surface area contributed by atoms with E-state index in [2.05, 4.69) is 0 Å². The van der Waals surface area contributed by atoms with E-state index in [-0.39, 0.29) is 10.7 Å². The lowest BCUT2D eigenvalue weighted by Crippen LogP contribution is -2.21. The summed E-state index contributed by atoms with van der Waals surface area (Å²) in [6.07, 6.45) is 1.90. The number of nitrogens with zero attached hydrogens (tertiary/aromatic N) is 1. The van der Waals surface area contributed by atoms with E-state index < -0.39 is 10.0 Å². The quantitative estimate of drug-likeness (QED) is 0.683. The largest absolute Gasteiger partial charge is 0.292 e. The fraction of sp³-hybridized carbons (Fsp3) is 0.250. The second-order valence-electron chi connectivity index (χ2n) is 5.70. The predicted molar refractivity (Wildman–Crippen MR) is 99.6 cm³/mol. The number of aromatic nitrogens is 1. The van der Waals surface area contributed by atoms with Crippen molar-refractivity contribution in [2.45, 2.75) is 38.0 Å². The van der Waals surface area contributed by atoms with E-state index in [0.29, 0.717) is 17.6 Å². The highest BCUT2D eigenvalue weighted by Crippen LogP contribution is 2.34. The molecule has 0 fully saturated rings. The summed E-state index contributed by atoms with van der Waals surface area (Å²) in [6, 6.07) is 15.6. The molecule has 0 aliphatic heterocycles. The average molecular weight is 355 g/mol. The molecule has 0 bridgehead atoms. The van der Waals surface area contributed by atoms with Gasteiger partial charge in [-0.05, 0) is 36.6 Å². The second kappa shape index (κ2) is 6.84. The highest BCUT2D eigenvalue weighted by molar-refractivity contribution is 7.90. The Morgan fingerprint density at radius 1 is 0.880 bits per heavy atom. The second-order valence-corrected chi connectivity index (χ2v) is 7.49. The molecule has 130 valence electrons. The van der Waals surface area contributed by atoms with Crippen LogP contribution in [-0.2, 0) is 16.4 Å². The highest BCUT2D eigenvalue weighted by Gasteiger charge is 2.31. The number of hydrogen-bond acceptors (Lipinski definition) is 3. The third-order valence-electron chi connectivity index (χ3n) is 4.31. The summed E-state index contributed by atoms with van der Waals surface area (Å²) in [4.78, 5) is 12.7. The van der Waals surface area contributed by atoms with Gasteiger partial charge in [0.25, 0.3) is 10.0 Å². The minimum absolute atomic E-state index is 0.0954. The Morgan fingerprint density at radius 3 is 2.24 bits per heavy atom. The molecule has 1 aromatic heterocycles. The van der Waals surface area contributed by atoms with E-state index in [0.717, 1.165) is 23.8 Å². The molecule has 1 aliphatic carbocycles. The molecular weight excluding hydrogens is 334 g/mol. The zero-order valence-electron chi connectivity index (χ0n) is 14.4. The van der Waals surface area contributed by atoms with Crippen molar-refractivity contribution in [3.05, 3.63) is 65.9 Å². The van der Waals surface area contributed by atoms with E-state index in [1.165, 1.54) is 3.97 Å². The Morgan fingerprint density at radius 2 is 1.52 bits per heavy atom. The van der Waals surface area contributed by atoms with Gasteiger partial charge in [0.15, 0.2) is 5.78 Å². The van der Waals surface area contributed by atoms with E-state index in [4.69, 9.17) is 0 Å². The van der Waals surface area contributed by atoms with Crippen molar-refractivity contribution in [2.75, 3.05) is 0 Å². The average Bonchev–Trinajstić information content (AvgIpc) is 3.01. The first-order valence-corrected chi connectivity index (χ1v) is 10.0. The van der Waals surface area contributed by atoms with Gasteiger partial charge in [0.2, 0.25) is 0 Å². The standard InChI is InChI=1S/C18H15NO3S.C2H6/c20-17-12-6-10-15-14-9-4-5-11-16(14)19(18(15)17)23(21,22)13-7-2-1-3-8-13;1-2/h1-5,7-9,11H,6,10,12H2;1-2H3. The van der Waals surface area contributed by atoms with Crippen LogP contribution in [0, 0.1) is 0 Å². The van der Waals surface area contributed by atoms with Crippen molar-refractivity contribution in [3.8, 4) is 0 Å². The minimum atomic E-state index is -3.80. The number of fused-ring (bicyclic) bond motifs is 3. The van der Waals surface area contributed by atoms with Gasteiger partial charge in [-0.25, -0.2) is 12.4 Å². The van der Waals surface area contributed by atoms with Gasteiger partial charge in [-0.15, -0.1) is 0 Å². The number of Topliss-reactive ketones (excluding diaryl/α,β-unsaturated/α-hetero) is 1. The Kier molecular flexibility index (Phi) is 4.77. The number of carbonyl (C=O) groups is 1. The summed E-state index contributed by atoms with van der Waals surface area (Å²) in [5.41, 5.74) is 1.77. The van der Waals surface area contributed by atoms with Crippen molar-refractivity contribution in [3.63, 3.8) is 0 Å².